The minimum Gasteiger partial charge on any atom is -0.480 e. The van der Waals surface area contributed by atoms with Gasteiger partial charge in [-0.15, -0.1) is 11.3 Å². The van der Waals surface area contributed by atoms with Gasteiger partial charge in [0.25, 0.3) is 0 Å². The second kappa shape index (κ2) is 4.74. The molecule has 0 radical (unpaired) electrons. The molecule has 5 heteroatoms. The molecule has 1 N–H and O–H groups in total. The lowest BCUT2D eigenvalue weighted by molar-refractivity contribution is -0.144. The average molecular weight is 265 g/mol. The predicted octanol–water partition coefficient (Wildman–Crippen LogP) is 2.67. The lowest BCUT2D eigenvalue weighted by Gasteiger charge is -2.09. The summed E-state index contributed by atoms with van der Waals surface area (Å²) in [6.07, 6.45) is -0.175. The molecular weight excluding hydrogens is 256 g/mol. The summed E-state index contributed by atoms with van der Waals surface area (Å²) in [7, 11) is 0. The Hall–Kier alpha value is -0.390. The van der Waals surface area contributed by atoms with E-state index in [1.54, 1.807) is 11.3 Å². The predicted molar refractivity (Wildman–Crippen MR) is 54.0 cm³/mol. The number of aliphatic carboxylic acids is 1. The van der Waals surface area contributed by atoms with Crippen LogP contribution in [0.2, 0.25) is 0 Å². The number of rotatable bonds is 4. The topological polar surface area (TPSA) is 46.5 Å². The third-order valence-electron chi connectivity index (χ3n) is 1.47. The number of halogens is 1. The molecule has 72 valence electrons. The van der Waals surface area contributed by atoms with Gasteiger partial charge in [-0.1, -0.05) is 0 Å². The Bertz CT molecular complexity index is 297. The lowest BCUT2D eigenvalue weighted by atomic mass is 10.3. The maximum Gasteiger partial charge on any atom is 0.329 e. The maximum absolute atomic E-state index is 10.2. The van der Waals surface area contributed by atoms with Crippen molar-refractivity contribution in [1.82, 2.24) is 0 Å². The summed E-state index contributed by atoms with van der Waals surface area (Å²) in [6.45, 7) is 1.57. The Morgan fingerprint density at radius 3 is 3.00 bits per heavy atom. The Balaban J connectivity index is 2.53. The summed E-state index contributed by atoms with van der Waals surface area (Å²) in [5.41, 5.74) is 0. The first-order chi connectivity index (χ1) is 6.11. The van der Waals surface area contributed by atoms with E-state index in [4.69, 9.17) is 9.84 Å². The van der Waals surface area contributed by atoms with Crippen LogP contribution in [-0.2, 0) is 9.53 Å². The van der Waals surface area contributed by atoms with Crippen molar-refractivity contribution >= 4 is 33.2 Å². The number of carboxylic acid groups (broad SMARTS) is 1. The van der Waals surface area contributed by atoms with Crippen LogP contribution in [0.5, 0.6) is 0 Å². The molecule has 0 aliphatic rings. The Morgan fingerprint density at radius 1 is 1.85 bits per heavy atom. The van der Waals surface area contributed by atoms with Gasteiger partial charge in [0.15, 0.2) is 0 Å². The molecule has 1 atom stereocenters. The van der Waals surface area contributed by atoms with Gasteiger partial charge in [0.05, 0.1) is 6.10 Å². The summed E-state index contributed by atoms with van der Waals surface area (Å²) in [4.78, 5) is 11.2. The maximum atomic E-state index is 10.2. The van der Waals surface area contributed by atoms with Gasteiger partial charge in [-0.2, -0.15) is 0 Å². The highest BCUT2D eigenvalue weighted by atomic mass is 79.9. The van der Waals surface area contributed by atoms with Crippen LogP contribution < -0.4 is 0 Å². The number of carbonyl (C=O) groups is 1. The fraction of sp³-hybridized carbons (Fsp3) is 0.375. The van der Waals surface area contributed by atoms with Crippen molar-refractivity contribution in [2.75, 3.05) is 6.61 Å². The van der Waals surface area contributed by atoms with Crippen LogP contribution >= 0.6 is 27.3 Å². The van der Waals surface area contributed by atoms with Crippen LogP contribution in [0.4, 0.5) is 0 Å². The molecular formula is C8H9BrO3S. The minimum atomic E-state index is -0.945. The second-order valence-corrected chi connectivity index (χ2v) is 4.28. The van der Waals surface area contributed by atoms with E-state index in [2.05, 4.69) is 15.9 Å². The molecule has 1 heterocycles. The van der Waals surface area contributed by atoms with Gasteiger partial charge in [-0.05, 0) is 34.3 Å². The van der Waals surface area contributed by atoms with E-state index in [9.17, 15) is 4.79 Å². The molecule has 0 fully saturated rings. The quantitative estimate of drug-likeness (QED) is 0.910. The molecule has 13 heavy (non-hydrogen) atoms. The SMILES string of the molecule is CC(OCC(=O)O)c1sccc1Br. The molecule has 1 unspecified atom stereocenters. The van der Waals surface area contributed by atoms with E-state index in [1.165, 1.54) is 0 Å². The van der Waals surface area contributed by atoms with Crippen LogP contribution in [0.3, 0.4) is 0 Å². The van der Waals surface area contributed by atoms with Gasteiger partial charge >= 0.3 is 5.97 Å². The first-order valence-electron chi connectivity index (χ1n) is 3.67. The van der Waals surface area contributed by atoms with Gasteiger partial charge in [-0.3, -0.25) is 0 Å². The van der Waals surface area contributed by atoms with Gasteiger partial charge in [-0.25, -0.2) is 4.79 Å². The Morgan fingerprint density at radius 2 is 2.54 bits per heavy atom. The number of hydrogen-bond donors (Lipinski definition) is 1. The third kappa shape index (κ3) is 3.10. The number of thiophene rings is 1. The van der Waals surface area contributed by atoms with Crippen molar-refractivity contribution < 1.29 is 14.6 Å². The van der Waals surface area contributed by atoms with Crippen LogP contribution in [0.15, 0.2) is 15.9 Å². The van der Waals surface area contributed by atoms with E-state index in [1.807, 2.05) is 18.4 Å². The number of hydrogen-bond acceptors (Lipinski definition) is 3. The number of ether oxygens (including phenoxy) is 1. The second-order valence-electron chi connectivity index (χ2n) is 2.48. The number of carboxylic acids is 1. The highest BCUT2D eigenvalue weighted by Crippen LogP contribution is 2.30. The van der Waals surface area contributed by atoms with E-state index in [-0.39, 0.29) is 12.7 Å². The van der Waals surface area contributed by atoms with Crippen molar-refractivity contribution in [1.29, 1.82) is 0 Å². The molecule has 0 aliphatic heterocycles. The van der Waals surface area contributed by atoms with E-state index in [0.717, 1.165) is 9.35 Å². The molecule has 0 saturated heterocycles. The Labute approximate surface area is 88.5 Å². The largest absolute Gasteiger partial charge is 0.480 e. The average Bonchev–Trinajstić information content (AvgIpc) is 2.47. The molecule has 0 saturated carbocycles. The minimum absolute atomic E-state index is 0.175. The first-order valence-corrected chi connectivity index (χ1v) is 5.35. The zero-order chi connectivity index (χ0) is 9.84. The molecule has 1 aromatic rings. The van der Waals surface area contributed by atoms with Crippen LogP contribution in [0.1, 0.15) is 17.9 Å². The van der Waals surface area contributed by atoms with Crippen LogP contribution in [0, 0.1) is 0 Å². The van der Waals surface area contributed by atoms with Crippen LogP contribution in [0.25, 0.3) is 0 Å². The van der Waals surface area contributed by atoms with Gasteiger partial charge in [0, 0.05) is 9.35 Å². The highest BCUT2D eigenvalue weighted by Gasteiger charge is 2.12. The van der Waals surface area contributed by atoms with E-state index >= 15 is 0 Å². The molecule has 3 nitrogen and oxygen atoms in total. The molecule has 1 rings (SSSR count). The summed E-state index contributed by atoms with van der Waals surface area (Å²) >= 11 is 4.90. The van der Waals surface area contributed by atoms with Crippen molar-refractivity contribution in [2.45, 2.75) is 13.0 Å². The molecule has 0 amide bonds. The first kappa shape index (κ1) is 10.7. The zero-order valence-electron chi connectivity index (χ0n) is 6.99. The lowest BCUT2D eigenvalue weighted by Crippen LogP contribution is -2.09. The summed E-state index contributed by atoms with van der Waals surface area (Å²) < 4.78 is 6.08. The summed E-state index contributed by atoms with van der Waals surface area (Å²) in [5, 5.41) is 10.3. The smallest absolute Gasteiger partial charge is 0.329 e. The van der Waals surface area contributed by atoms with Crippen molar-refractivity contribution in [2.24, 2.45) is 0 Å². The standard InChI is InChI=1S/C8H9BrO3S/c1-5(12-4-7(10)11)8-6(9)2-3-13-8/h2-3,5H,4H2,1H3,(H,10,11). The molecule has 0 spiro atoms. The highest BCUT2D eigenvalue weighted by molar-refractivity contribution is 9.10. The van der Waals surface area contributed by atoms with Crippen molar-refractivity contribution in [3.05, 3.63) is 20.8 Å². The van der Waals surface area contributed by atoms with Gasteiger partial charge in [0.2, 0.25) is 0 Å². The monoisotopic (exact) mass is 264 g/mol. The molecule has 1 aromatic heterocycles. The fourth-order valence-electron chi connectivity index (χ4n) is 0.867. The summed E-state index contributed by atoms with van der Waals surface area (Å²) in [5.74, 6) is -0.945. The third-order valence-corrected chi connectivity index (χ3v) is 3.50. The summed E-state index contributed by atoms with van der Waals surface area (Å²) in [6, 6.07) is 1.92. The normalized spacial score (nSPS) is 12.8. The van der Waals surface area contributed by atoms with E-state index < -0.39 is 5.97 Å². The van der Waals surface area contributed by atoms with Crippen molar-refractivity contribution in [3.8, 4) is 0 Å². The van der Waals surface area contributed by atoms with Gasteiger partial charge < -0.3 is 9.84 Å². The molecule has 0 aliphatic carbocycles. The molecule has 0 aromatic carbocycles. The molecule has 0 bridgehead atoms. The Kier molecular flexibility index (Phi) is 3.90. The van der Waals surface area contributed by atoms with Crippen molar-refractivity contribution in [3.63, 3.8) is 0 Å². The fourth-order valence-corrected chi connectivity index (χ4v) is 2.57. The van der Waals surface area contributed by atoms with Crippen LogP contribution in [-0.4, -0.2) is 17.7 Å². The zero-order valence-corrected chi connectivity index (χ0v) is 9.39. The van der Waals surface area contributed by atoms with E-state index in [0.29, 0.717) is 0 Å². The van der Waals surface area contributed by atoms with Gasteiger partial charge in [0.1, 0.15) is 6.61 Å².